The standard InChI is InChI=1S/C12H16O3/c1-15-11(12(13)14)9-5-8-10-6-3-2-4-7-10/h2-4,6-7,11H,5,8-9H2,1H3,(H,13,14)/t11-/m1/s1. The van der Waals surface area contributed by atoms with Gasteiger partial charge in [-0.3, -0.25) is 0 Å². The van der Waals surface area contributed by atoms with Crippen LogP contribution in [0.2, 0.25) is 0 Å². The van der Waals surface area contributed by atoms with E-state index >= 15 is 0 Å². The second-order valence-corrected chi connectivity index (χ2v) is 3.44. The maximum Gasteiger partial charge on any atom is 0.332 e. The van der Waals surface area contributed by atoms with Gasteiger partial charge < -0.3 is 9.84 Å². The second-order valence-electron chi connectivity index (χ2n) is 3.44. The molecule has 0 amide bonds. The van der Waals surface area contributed by atoms with Crippen molar-refractivity contribution in [2.24, 2.45) is 0 Å². The molecule has 1 rings (SSSR count). The molecular formula is C12H16O3. The molecule has 0 aliphatic heterocycles. The van der Waals surface area contributed by atoms with Crippen LogP contribution in [0.4, 0.5) is 0 Å². The van der Waals surface area contributed by atoms with Crippen molar-refractivity contribution in [2.45, 2.75) is 25.4 Å². The molecule has 1 aromatic carbocycles. The van der Waals surface area contributed by atoms with Gasteiger partial charge in [-0.05, 0) is 24.8 Å². The van der Waals surface area contributed by atoms with Gasteiger partial charge in [-0.2, -0.15) is 0 Å². The number of aryl methyl sites for hydroxylation is 1. The van der Waals surface area contributed by atoms with Crippen LogP contribution in [0.3, 0.4) is 0 Å². The third-order valence-electron chi connectivity index (χ3n) is 2.33. The fourth-order valence-corrected chi connectivity index (χ4v) is 1.48. The predicted molar refractivity (Wildman–Crippen MR) is 57.8 cm³/mol. The number of aliphatic carboxylic acids is 1. The molecule has 0 aliphatic carbocycles. The van der Waals surface area contributed by atoms with E-state index in [2.05, 4.69) is 0 Å². The minimum Gasteiger partial charge on any atom is -0.479 e. The maximum absolute atomic E-state index is 10.6. The number of hydrogen-bond donors (Lipinski definition) is 1. The van der Waals surface area contributed by atoms with Gasteiger partial charge in [0, 0.05) is 7.11 Å². The highest BCUT2D eigenvalue weighted by atomic mass is 16.5. The number of hydrogen-bond acceptors (Lipinski definition) is 2. The molecule has 82 valence electrons. The predicted octanol–water partition coefficient (Wildman–Crippen LogP) is 2.11. The molecule has 1 N–H and O–H groups in total. The van der Waals surface area contributed by atoms with Gasteiger partial charge in [0.2, 0.25) is 0 Å². The maximum atomic E-state index is 10.6. The molecule has 1 atom stereocenters. The average molecular weight is 208 g/mol. The lowest BCUT2D eigenvalue weighted by molar-refractivity contribution is -0.148. The highest BCUT2D eigenvalue weighted by molar-refractivity contribution is 5.72. The summed E-state index contributed by atoms with van der Waals surface area (Å²) in [6.07, 6.45) is 1.61. The normalized spacial score (nSPS) is 12.3. The van der Waals surface area contributed by atoms with Crippen molar-refractivity contribution in [3.05, 3.63) is 35.9 Å². The van der Waals surface area contributed by atoms with E-state index in [1.54, 1.807) is 0 Å². The molecule has 0 aliphatic rings. The summed E-state index contributed by atoms with van der Waals surface area (Å²) in [5.74, 6) is -0.884. The van der Waals surface area contributed by atoms with E-state index < -0.39 is 12.1 Å². The molecule has 1 aromatic rings. The third-order valence-corrected chi connectivity index (χ3v) is 2.33. The van der Waals surface area contributed by atoms with E-state index in [1.165, 1.54) is 12.7 Å². The topological polar surface area (TPSA) is 46.5 Å². The summed E-state index contributed by atoms with van der Waals surface area (Å²) in [5.41, 5.74) is 1.23. The van der Waals surface area contributed by atoms with Gasteiger partial charge in [0.15, 0.2) is 6.10 Å². The van der Waals surface area contributed by atoms with Crippen LogP contribution in [0.1, 0.15) is 18.4 Å². The third kappa shape index (κ3) is 4.13. The molecule has 0 spiro atoms. The Morgan fingerprint density at radius 3 is 2.60 bits per heavy atom. The van der Waals surface area contributed by atoms with Gasteiger partial charge in [0.05, 0.1) is 0 Å². The number of carboxylic acid groups (broad SMARTS) is 1. The minimum atomic E-state index is -0.884. The van der Waals surface area contributed by atoms with E-state index in [0.717, 1.165) is 12.8 Å². The molecule has 0 aromatic heterocycles. The first-order valence-corrected chi connectivity index (χ1v) is 5.03. The summed E-state index contributed by atoms with van der Waals surface area (Å²) in [4.78, 5) is 10.6. The van der Waals surface area contributed by atoms with Crippen molar-refractivity contribution in [2.75, 3.05) is 7.11 Å². The SMILES string of the molecule is CO[C@H](CCCc1ccccc1)C(=O)O. The zero-order valence-electron chi connectivity index (χ0n) is 8.85. The zero-order valence-corrected chi connectivity index (χ0v) is 8.85. The van der Waals surface area contributed by atoms with E-state index in [1.807, 2.05) is 30.3 Å². The number of carboxylic acids is 1. The summed E-state index contributed by atoms with van der Waals surface area (Å²) in [6, 6.07) is 10.0. The largest absolute Gasteiger partial charge is 0.479 e. The molecule has 3 nitrogen and oxygen atoms in total. The van der Waals surface area contributed by atoms with Crippen LogP contribution in [0.25, 0.3) is 0 Å². The van der Waals surface area contributed by atoms with Crippen LogP contribution in [0.5, 0.6) is 0 Å². The molecule has 3 heteroatoms. The van der Waals surface area contributed by atoms with Crippen LogP contribution in [-0.2, 0) is 16.0 Å². The smallest absolute Gasteiger partial charge is 0.332 e. The second kappa shape index (κ2) is 6.19. The highest BCUT2D eigenvalue weighted by Crippen LogP contribution is 2.08. The highest BCUT2D eigenvalue weighted by Gasteiger charge is 2.14. The van der Waals surface area contributed by atoms with Crippen molar-refractivity contribution < 1.29 is 14.6 Å². The average Bonchev–Trinajstić information content (AvgIpc) is 2.25. The Morgan fingerprint density at radius 1 is 1.40 bits per heavy atom. The van der Waals surface area contributed by atoms with Crippen molar-refractivity contribution in [1.29, 1.82) is 0 Å². The number of ether oxygens (including phenoxy) is 1. The first-order valence-electron chi connectivity index (χ1n) is 5.03. The number of rotatable bonds is 6. The van der Waals surface area contributed by atoms with Crippen molar-refractivity contribution in [3.8, 4) is 0 Å². The number of methoxy groups -OCH3 is 1. The van der Waals surface area contributed by atoms with E-state index in [0.29, 0.717) is 6.42 Å². The Morgan fingerprint density at radius 2 is 2.07 bits per heavy atom. The van der Waals surface area contributed by atoms with Crippen molar-refractivity contribution in [1.82, 2.24) is 0 Å². The number of benzene rings is 1. The minimum absolute atomic E-state index is 0.556. The van der Waals surface area contributed by atoms with Gasteiger partial charge >= 0.3 is 5.97 Å². The summed E-state index contributed by atoms with van der Waals surface area (Å²) in [5, 5.41) is 8.75. The molecule has 0 unspecified atom stereocenters. The lowest BCUT2D eigenvalue weighted by Crippen LogP contribution is -2.22. The monoisotopic (exact) mass is 208 g/mol. The summed E-state index contributed by atoms with van der Waals surface area (Å²) < 4.78 is 4.85. The van der Waals surface area contributed by atoms with E-state index in [9.17, 15) is 4.79 Å². The zero-order chi connectivity index (χ0) is 11.1. The lowest BCUT2D eigenvalue weighted by atomic mass is 10.1. The van der Waals surface area contributed by atoms with Gasteiger partial charge in [0.25, 0.3) is 0 Å². The molecule has 15 heavy (non-hydrogen) atoms. The first-order chi connectivity index (χ1) is 7.24. The molecule has 0 heterocycles. The quantitative estimate of drug-likeness (QED) is 0.778. The van der Waals surface area contributed by atoms with Crippen LogP contribution in [-0.4, -0.2) is 24.3 Å². The lowest BCUT2D eigenvalue weighted by Gasteiger charge is -2.09. The van der Waals surface area contributed by atoms with E-state index in [4.69, 9.17) is 9.84 Å². The van der Waals surface area contributed by atoms with Crippen molar-refractivity contribution in [3.63, 3.8) is 0 Å². The van der Waals surface area contributed by atoms with Gasteiger partial charge in [-0.25, -0.2) is 4.79 Å². The fraction of sp³-hybridized carbons (Fsp3) is 0.417. The van der Waals surface area contributed by atoms with Crippen LogP contribution >= 0.6 is 0 Å². The van der Waals surface area contributed by atoms with E-state index in [-0.39, 0.29) is 0 Å². The van der Waals surface area contributed by atoms with Gasteiger partial charge in [-0.15, -0.1) is 0 Å². The van der Waals surface area contributed by atoms with Crippen LogP contribution in [0.15, 0.2) is 30.3 Å². The Hall–Kier alpha value is -1.35. The molecular weight excluding hydrogens is 192 g/mol. The molecule has 0 radical (unpaired) electrons. The van der Waals surface area contributed by atoms with Crippen LogP contribution < -0.4 is 0 Å². The Kier molecular flexibility index (Phi) is 4.84. The molecule has 0 saturated heterocycles. The first kappa shape index (κ1) is 11.7. The summed E-state index contributed by atoms with van der Waals surface area (Å²) in [7, 11) is 1.43. The van der Waals surface area contributed by atoms with Crippen molar-refractivity contribution >= 4 is 5.97 Å². The summed E-state index contributed by atoms with van der Waals surface area (Å²) in [6.45, 7) is 0. The van der Waals surface area contributed by atoms with Gasteiger partial charge in [0.1, 0.15) is 0 Å². The van der Waals surface area contributed by atoms with Crippen LogP contribution in [0, 0.1) is 0 Å². The number of carbonyl (C=O) groups is 1. The van der Waals surface area contributed by atoms with Gasteiger partial charge in [-0.1, -0.05) is 30.3 Å². The molecule has 0 saturated carbocycles. The summed E-state index contributed by atoms with van der Waals surface area (Å²) >= 11 is 0. The molecule has 0 fully saturated rings. The fourth-order valence-electron chi connectivity index (χ4n) is 1.48. The Bertz CT molecular complexity index is 295. The Labute approximate surface area is 89.7 Å². The Balaban J connectivity index is 2.30. The molecule has 0 bridgehead atoms.